The normalized spacial score (nSPS) is 17.6. The van der Waals surface area contributed by atoms with Gasteiger partial charge in [0.15, 0.2) is 6.29 Å². The lowest BCUT2D eigenvalue weighted by molar-refractivity contribution is 0.00578. The van der Waals surface area contributed by atoms with E-state index in [2.05, 4.69) is 10.3 Å². The Morgan fingerprint density at radius 3 is 2.33 bits per heavy atom. The number of rotatable bonds is 4. The number of pyridine rings is 1. The Morgan fingerprint density at radius 2 is 1.78 bits per heavy atom. The van der Waals surface area contributed by atoms with E-state index in [-0.39, 0.29) is 11.6 Å². The largest absolute Gasteiger partial charge is 0.495 e. The van der Waals surface area contributed by atoms with Crippen LogP contribution in [0.3, 0.4) is 0 Å². The van der Waals surface area contributed by atoms with E-state index in [1.165, 1.54) is 12.3 Å². The maximum absolute atomic E-state index is 12.5. The highest BCUT2D eigenvalue weighted by Gasteiger charge is 2.52. The molecule has 1 aromatic heterocycles. The number of hydrogen-bond donors (Lipinski definition) is 1. The number of anilines is 1. The molecule has 1 fully saturated rings. The standard InChI is InChI=1S/C20H23BN2O4/c1-13-15(21-26-19(2,3)20(4,5)27-21)7-6-8-16(13)23-18(25)17-10-9-14(12-24)11-22-17/h6-12H,1-5H3,(H,23,25). The molecule has 2 heterocycles. The van der Waals surface area contributed by atoms with Gasteiger partial charge >= 0.3 is 7.12 Å². The summed E-state index contributed by atoms with van der Waals surface area (Å²) in [4.78, 5) is 27.2. The van der Waals surface area contributed by atoms with Crippen molar-refractivity contribution in [3.63, 3.8) is 0 Å². The highest BCUT2D eigenvalue weighted by molar-refractivity contribution is 6.62. The smallest absolute Gasteiger partial charge is 0.399 e. The summed E-state index contributed by atoms with van der Waals surface area (Å²) in [6.07, 6.45) is 2.06. The Bertz CT molecular complexity index is 862. The monoisotopic (exact) mass is 366 g/mol. The first-order valence-electron chi connectivity index (χ1n) is 8.82. The average molecular weight is 366 g/mol. The molecule has 0 spiro atoms. The molecule has 2 aromatic rings. The van der Waals surface area contributed by atoms with E-state index in [9.17, 15) is 9.59 Å². The van der Waals surface area contributed by atoms with Crippen molar-refractivity contribution in [2.24, 2.45) is 0 Å². The minimum Gasteiger partial charge on any atom is -0.399 e. The van der Waals surface area contributed by atoms with Crippen LogP contribution in [0.4, 0.5) is 5.69 Å². The number of amides is 1. The van der Waals surface area contributed by atoms with Crippen molar-refractivity contribution in [1.29, 1.82) is 0 Å². The summed E-state index contributed by atoms with van der Waals surface area (Å²) in [5.74, 6) is -0.346. The van der Waals surface area contributed by atoms with Crippen LogP contribution in [0.15, 0.2) is 36.5 Å². The van der Waals surface area contributed by atoms with E-state index in [4.69, 9.17) is 9.31 Å². The number of carbonyl (C=O) groups is 2. The molecule has 1 aliphatic rings. The van der Waals surface area contributed by atoms with Gasteiger partial charge in [0, 0.05) is 17.4 Å². The highest BCUT2D eigenvalue weighted by atomic mass is 16.7. The topological polar surface area (TPSA) is 77.5 Å². The van der Waals surface area contributed by atoms with Crippen LogP contribution in [-0.4, -0.2) is 35.5 Å². The third-order valence-corrected chi connectivity index (χ3v) is 5.29. The second kappa shape index (κ2) is 6.90. The van der Waals surface area contributed by atoms with Crippen molar-refractivity contribution in [3.8, 4) is 0 Å². The van der Waals surface area contributed by atoms with E-state index < -0.39 is 18.3 Å². The van der Waals surface area contributed by atoms with E-state index in [0.717, 1.165) is 11.0 Å². The summed E-state index contributed by atoms with van der Waals surface area (Å²) >= 11 is 0. The summed E-state index contributed by atoms with van der Waals surface area (Å²) in [6, 6.07) is 8.69. The molecule has 7 heteroatoms. The number of hydrogen-bond acceptors (Lipinski definition) is 5. The van der Waals surface area contributed by atoms with Gasteiger partial charge in [0.25, 0.3) is 5.91 Å². The molecule has 0 bridgehead atoms. The Morgan fingerprint density at radius 1 is 1.11 bits per heavy atom. The zero-order valence-corrected chi connectivity index (χ0v) is 16.2. The fraction of sp³-hybridized carbons (Fsp3) is 0.350. The fourth-order valence-corrected chi connectivity index (χ4v) is 2.81. The van der Waals surface area contributed by atoms with E-state index >= 15 is 0 Å². The van der Waals surface area contributed by atoms with Gasteiger partial charge in [-0.3, -0.25) is 14.6 Å². The first-order chi connectivity index (χ1) is 12.6. The van der Waals surface area contributed by atoms with E-state index in [0.29, 0.717) is 17.5 Å². The van der Waals surface area contributed by atoms with Crippen LogP contribution in [-0.2, 0) is 9.31 Å². The van der Waals surface area contributed by atoms with Crippen LogP contribution in [0.25, 0.3) is 0 Å². The van der Waals surface area contributed by atoms with Gasteiger partial charge in [0.2, 0.25) is 0 Å². The first kappa shape index (κ1) is 19.3. The molecular weight excluding hydrogens is 343 g/mol. The van der Waals surface area contributed by atoms with Crippen molar-refractivity contribution < 1.29 is 18.9 Å². The third-order valence-electron chi connectivity index (χ3n) is 5.29. The van der Waals surface area contributed by atoms with Gasteiger partial charge in [0.05, 0.1) is 11.2 Å². The molecule has 1 aromatic carbocycles. The lowest BCUT2D eigenvalue weighted by Gasteiger charge is -2.32. The van der Waals surface area contributed by atoms with Crippen LogP contribution >= 0.6 is 0 Å². The first-order valence-corrected chi connectivity index (χ1v) is 8.82. The molecule has 27 heavy (non-hydrogen) atoms. The molecule has 1 saturated heterocycles. The molecule has 0 aliphatic carbocycles. The lowest BCUT2D eigenvalue weighted by Crippen LogP contribution is -2.41. The van der Waals surface area contributed by atoms with Gasteiger partial charge < -0.3 is 14.6 Å². The highest BCUT2D eigenvalue weighted by Crippen LogP contribution is 2.37. The summed E-state index contributed by atoms with van der Waals surface area (Å²) in [5, 5.41) is 2.87. The predicted molar refractivity (Wildman–Crippen MR) is 104 cm³/mol. The van der Waals surface area contributed by atoms with Crippen molar-refractivity contribution in [2.75, 3.05) is 5.32 Å². The molecular formula is C20H23BN2O4. The second-order valence-electron chi connectivity index (χ2n) is 7.66. The zero-order valence-electron chi connectivity index (χ0n) is 16.2. The zero-order chi connectivity index (χ0) is 19.8. The van der Waals surface area contributed by atoms with Crippen LogP contribution in [0.1, 0.15) is 54.1 Å². The van der Waals surface area contributed by atoms with Gasteiger partial charge in [-0.15, -0.1) is 0 Å². The lowest BCUT2D eigenvalue weighted by atomic mass is 9.76. The van der Waals surface area contributed by atoms with Crippen LogP contribution in [0.2, 0.25) is 0 Å². The second-order valence-corrected chi connectivity index (χ2v) is 7.66. The van der Waals surface area contributed by atoms with Gasteiger partial charge in [0.1, 0.15) is 5.69 Å². The summed E-state index contributed by atoms with van der Waals surface area (Å²) in [6.45, 7) is 9.93. The van der Waals surface area contributed by atoms with Gasteiger partial charge in [-0.2, -0.15) is 0 Å². The molecule has 1 amide bonds. The quantitative estimate of drug-likeness (QED) is 0.665. The summed E-state index contributed by atoms with van der Waals surface area (Å²) < 4.78 is 12.2. The minimum absolute atomic E-state index is 0.237. The molecule has 140 valence electrons. The Hall–Kier alpha value is -2.51. The number of nitrogens with zero attached hydrogens (tertiary/aromatic N) is 1. The summed E-state index contributed by atoms with van der Waals surface area (Å²) in [5.41, 5.74) is 2.19. The van der Waals surface area contributed by atoms with Crippen molar-refractivity contribution in [1.82, 2.24) is 4.98 Å². The Kier molecular flexibility index (Phi) is 4.93. The fourth-order valence-electron chi connectivity index (χ4n) is 2.81. The van der Waals surface area contributed by atoms with Gasteiger partial charge in [-0.25, -0.2) is 0 Å². The predicted octanol–water partition coefficient (Wildman–Crippen LogP) is 2.75. The van der Waals surface area contributed by atoms with E-state index in [1.54, 1.807) is 6.07 Å². The van der Waals surface area contributed by atoms with Crippen LogP contribution < -0.4 is 10.8 Å². The molecule has 3 rings (SSSR count). The molecule has 0 atom stereocenters. The molecule has 1 aliphatic heterocycles. The number of carbonyl (C=O) groups excluding carboxylic acids is 2. The minimum atomic E-state index is -0.503. The maximum atomic E-state index is 12.5. The number of aldehydes is 1. The third kappa shape index (κ3) is 3.66. The molecule has 6 nitrogen and oxygen atoms in total. The average Bonchev–Trinajstić information content (AvgIpc) is 2.84. The van der Waals surface area contributed by atoms with Gasteiger partial charge in [-0.1, -0.05) is 12.1 Å². The Labute approximate surface area is 159 Å². The molecule has 0 unspecified atom stereocenters. The van der Waals surface area contributed by atoms with E-state index in [1.807, 2.05) is 52.8 Å². The molecule has 0 saturated carbocycles. The number of nitrogens with one attached hydrogen (secondary N) is 1. The molecule has 1 N–H and O–H groups in total. The van der Waals surface area contributed by atoms with Crippen molar-refractivity contribution in [2.45, 2.75) is 45.8 Å². The van der Waals surface area contributed by atoms with Crippen molar-refractivity contribution in [3.05, 3.63) is 53.3 Å². The molecule has 0 radical (unpaired) electrons. The maximum Gasteiger partial charge on any atom is 0.495 e. The van der Waals surface area contributed by atoms with Crippen molar-refractivity contribution >= 4 is 30.5 Å². The number of aromatic nitrogens is 1. The van der Waals surface area contributed by atoms with Crippen LogP contribution in [0.5, 0.6) is 0 Å². The van der Waals surface area contributed by atoms with Crippen LogP contribution in [0, 0.1) is 6.92 Å². The SMILES string of the molecule is Cc1c(NC(=O)c2ccc(C=O)cn2)cccc1B1OC(C)(C)C(C)(C)O1. The Balaban J connectivity index is 1.83. The van der Waals surface area contributed by atoms with Gasteiger partial charge in [-0.05, 0) is 63.8 Å². The number of benzene rings is 1. The summed E-state index contributed by atoms with van der Waals surface area (Å²) in [7, 11) is -0.503.